The molecule has 0 unspecified atom stereocenters. The van der Waals surface area contributed by atoms with Crippen LogP contribution in [0.2, 0.25) is 0 Å². The summed E-state index contributed by atoms with van der Waals surface area (Å²) in [6, 6.07) is 10.2. The lowest BCUT2D eigenvalue weighted by atomic mass is 10.0. The summed E-state index contributed by atoms with van der Waals surface area (Å²) < 4.78 is 10.9. The van der Waals surface area contributed by atoms with Gasteiger partial charge in [-0.15, -0.1) is 6.58 Å². The molecule has 0 N–H and O–H groups in total. The minimum atomic E-state index is -0.385. The predicted molar refractivity (Wildman–Crippen MR) is 118 cm³/mol. The normalized spacial score (nSPS) is 14.2. The molecule has 0 saturated carbocycles. The van der Waals surface area contributed by atoms with E-state index in [1.807, 2.05) is 17.0 Å². The van der Waals surface area contributed by atoms with Crippen LogP contribution in [0.1, 0.15) is 21.5 Å². The summed E-state index contributed by atoms with van der Waals surface area (Å²) in [6.07, 6.45) is 2.33. The molecule has 2 aromatic rings. The van der Waals surface area contributed by atoms with Crippen molar-refractivity contribution in [2.45, 2.75) is 13.0 Å². The van der Waals surface area contributed by atoms with E-state index < -0.39 is 0 Å². The van der Waals surface area contributed by atoms with Gasteiger partial charge in [0, 0.05) is 56.0 Å². The summed E-state index contributed by atoms with van der Waals surface area (Å²) in [5, 5.41) is 11.0. The van der Waals surface area contributed by atoms with Crippen LogP contribution in [0, 0.1) is 10.1 Å². The van der Waals surface area contributed by atoms with Crippen molar-refractivity contribution in [3.63, 3.8) is 0 Å². The maximum Gasteiger partial charge on any atom is 0.269 e. The second-order valence-electron chi connectivity index (χ2n) is 7.36. The van der Waals surface area contributed by atoms with Gasteiger partial charge < -0.3 is 14.4 Å². The largest absolute Gasteiger partial charge is 0.493 e. The first-order valence-corrected chi connectivity index (χ1v) is 10.1. The predicted octanol–water partition coefficient (Wildman–Crippen LogP) is 3.30. The minimum absolute atomic E-state index is 0.0544. The molecule has 0 spiro atoms. The van der Waals surface area contributed by atoms with Crippen LogP contribution < -0.4 is 9.47 Å². The first kappa shape index (κ1) is 22.3. The Morgan fingerprint density at radius 1 is 1.16 bits per heavy atom. The molecular weight excluding hydrogens is 398 g/mol. The number of nitro benzene ring substituents is 1. The average Bonchev–Trinajstić information content (AvgIpc) is 2.79. The van der Waals surface area contributed by atoms with Crippen LogP contribution in [-0.4, -0.2) is 61.0 Å². The third-order valence-corrected chi connectivity index (χ3v) is 5.35. The average molecular weight is 425 g/mol. The number of nitrogens with zero attached hydrogens (tertiary/aromatic N) is 3. The van der Waals surface area contributed by atoms with Crippen LogP contribution in [0.4, 0.5) is 5.69 Å². The number of nitro groups is 1. The Hall–Kier alpha value is -3.39. The van der Waals surface area contributed by atoms with E-state index >= 15 is 0 Å². The Bertz CT molecular complexity index is 968. The molecule has 1 fully saturated rings. The number of amides is 1. The smallest absolute Gasteiger partial charge is 0.269 e. The van der Waals surface area contributed by atoms with Crippen molar-refractivity contribution in [1.29, 1.82) is 0 Å². The van der Waals surface area contributed by atoms with E-state index in [-0.39, 0.29) is 16.5 Å². The fourth-order valence-electron chi connectivity index (χ4n) is 3.79. The Labute approximate surface area is 181 Å². The van der Waals surface area contributed by atoms with Crippen LogP contribution in [0.25, 0.3) is 0 Å². The quantitative estimate of drug-likeness (QED) is 0.367. The molecule has 0 aromatic heterocycles. The van der Waals surface area contributed by atoms with Crippen LogP contribution in [-0.2, 0) is 13.0 Å². The van der Waals surface area contributed by atoms with E-state index in [2.05, 4.69) is 11.5 Å². The van der Waals surface area contributed by atoms with Gasteiger partial charge in [0.1, 0.15) is 0 Å². The van der Waals surface area contributed by atoms with Gasteiger partial charge in [-0.1, -0.05) is 18.2 Å². The summed E-state index contributed by atoms with van der Waals surface area (Å²) in [5.74, 6) is 1.08. The van der Waals surface area contributed by atoms with Crippen molar-refractivity contribution in [3.8, 4) is 11.5 Å². The monoisotopic (exact) mass is 425 g/mol. The second kappa shape index (κ2) is 10.1. The molecule has 8 heteroatoms. The molecule has 1 aliphatic rings. The van der Waals surface area contributed by atoms with Gasteiger partial charge in [0.2, 0.25) is 0 Å². The summed E-state index contributed by atoms with van der Waals surface area (Å²) >= 11 is 0. The molecule has 164 valence electrons. The summed E-state index contributed by atoms with van der Waals surface area (Å²) in [4.78, 5) is 27.7. The molecule has 1 heterocycles. The van der Waals surface area contributed by atoms with E-state index in [1.54, 1.807) is 38.5 Å². The third kappa shape index (κ3) is 5.21. The molecule has 0 atom stereocenters. The highest BCUT2D eigenvalue weighted by Gasteiger charge is 2.24. The number of ether oxygens (including phenoxy) is 2. The molecule has 3 rings (SSSR count). The molecule has 1 aliphatic heterocycles. The molecule has 1 saturated heterocycles. The second-order valence-corrected chi connectivity index (χ2v) is 7.36. The highest BCUT2D eigenvalue weighted by Crippen LogP contribution is 2.33. The number of rotatable bonds is 8. The van der Waals surface area contributed by atoms with Gasteiger partial charge in [0.25, 0.3) is 11.6 Å². The Morgan fingerprint density at radius 3 is 2.52 bits per heavy atom. The molecular formula is C23H27N3O5. The number of carbonyl (C=O) groups is 1. The van der Waals surface area contributed by atoms with Crippen molar-refractivity contribution in [2.24, 2.45) is 0 Å². The fourth-order valence-corrected chi connectivity index (χ4v) is 3.79. The molecule has 31 heavy (non-hydrogen) atoms. The highest BCUT2D eigenvalue weighted by molar-refractivity contribution is 5.95. The van der Waals surface area contributed by atoms with Crippen LogP contribution in [0.15, 0.2) is 49.1 Å². The number of methoxy groups -OCH3 is 2. The van der Waals surface area contributed by atoms with Gasteiger partial charge in [-0.2, -0.15) is 0 Å². The summed E-state index contributed by atoms with van der Waals surface area (Å²) in [7, 11) is 3.13. The van der Waals surface area contributed by atoms with E-state index in [0.29, 0.717) is 56.2 Å². The number of benzene rings is 2. The first-order chi connectivity index (χ1) is 15.0. The van der Waals surface area contributed by atoms with Crippen molar-refractivity contribution in [2.75, 3.05) is 40.4 Å². The topological polar surface area (TPSA) is 85.2 Å². The third-order valence-electron chi connectivity index (χ3n) is 5.35. The fraction of sp³-hybridized carbons (Fsp3) is 0.348. The zero-order chi connectivity index (χ0) is 22.4. The lowest BCUT2D eigenvalue weighted by molar-refractivity contribution is -0.384. The number of hydrogen-bond acceptors (Lipinski definition) is 6. The molecule has 2 aromatic carbocycles. The highest BCUT2D eigenvalue weighted by atomic mass is 16.6. The van der Waals surface area contributed by atoms with Gasteiger partial charge in [0.05, 0.1) is 19.1 Å². The number of carbonyl (C=O) groups excluding carboxylic acids is 1. The van der Waals surface area contributed by atoms with Crippen LogP contribution >= 0.6 is 0 Å². The number of piperazine rings is 1. The van der Waals surface area contributed by atoms with Crippen molar-refractivity contribution in [3.05, 3.63) is 75.9 Å². The Balaban J connectivity index is 1.67. The first-order valence-electron chi connectivity index (χ1n) is 10.1. The zero-order valence-corrected chi connectivity index (χ0v) is 17.9. The van der Waals surface area contributed by atoms with Crippen LogP contribution in [0.3, 0.4) is 0 Å². The molecule has 8 nitrogen and oxygen atoms in total. The minimum Gasteiger partial charge on any atom is -0.493 e. The van der Waals surface area contributed by atoms with Crippen molar-refractivity contribution >= 4 is 11.6 Å². The van der Waals surface area contributed by atoms with E-state index in [0.717, 1.165) is 11.1 Å². The van der Waals surface area contributed by atoms with Gasteiger partial charge in [-0.3, -0.25) is 19.8 Å². The molecule has 0 radical (unpaired) electrons. The van der Waals surface area contributed by atoms with Crippen LogP contribution in [0.5, 0.6) is 11.5 Å². The number of hydrogen-bond donors (Lipinski definition) is 0. The van der Waals surface area contributed by atoms with Crippen molar-refractivity contribution < 1.29 is 19.2 Å². The molecule has 0 aliphatic carbocycles. The molecule has 1 amide bonds. The number of allylic oxidation sites excluding steroid dienone is 1. The maximum absolute atomic E-state index is 13.1. The molecule has 0 bridgehead atoms. The Morgan fingerprint density at radius 2 is 1.90 bits per heavy atom. The maximum atomic E-state index is 13.1. The van der Waals surface area contributed by atoms with Gasteiger partial charge in [-0.05, 0) is 24.1 Å². The van der Waals surface area contributed by atoms with E-state index in [4.69, 9.17) is 9.47 Å². The Kier molecular flexibility index (Phi) is 7.25. The lowest BCUT2D eigenvalue weighted by Crippen LogP contribution is -2.48. The SMILES string of the molecule is C=CCc1cc(C(=O)N2CCN(Cc3cccc([N+](=O)[O-])c3)CC2)cc(OC)c1OC. The van der Waals surface area contributed by atoms with Gasteiger partial charge in [-0.25, -0.2) is 0 Å². The lowest BCUT2D eigenvalue weighted by Gasteiger charge is -2.35. The summed E-state index contributed by atoms with van der Waals surface area (Å²) in [5.41, 5.74) is 2.39. The van der Waals surface area contributed by atoms with E-state index in [9.17, 15) is 14.9 Å². The van der Waals surface area contributed by atoms with Gasteiger partial charge >= 0.3 is 0 Å². The zero-order valence-electron chi connectivity index (χ0n) is 17.9. The summed E-state index contributed by atoms with van der Waals surface area (Å²) in [6.45, 7) is 6.94. The van der Waals surface area contributed by atoms with E-state index in [1.165, 1.54) is 6.07 Å². The van der Waals surface area contributed by atoms with Gasteiger partial charge in [0.15, 0.2) is 11.5 Å². The standard InChI is InChI=1S/C23H27N3O5/c1-4-6-18-14-19(15-21(30-2)22(18)31-3)23(27)25-11-9-24(10-12-25)16-17-7-5-8-20(13-17)26(28)29/h4-5,7-8,13-15H,1,6,9-12,16H2,2-3H3. The van der Waals surface area contributed by atoms with Crippen molar-refractivity contribution in [1.82, 2.24) is 9.80 Å². The number of non-ortho nitro benzene ring substituents is 1.